The summed E-state index contributed by atoms with van der Waals surface area (Å²) in [7, 11) is 0. The van der Waals surface area contributed by atoms with E-state index in [4.69, 9.17) is 5.11 Å². The number of rotatable bonds is 1. The molecular weight excluding hydrogens is 190 g/mol. The molecule has 0 aromatic rings. The quantitative estimate of drug-likeness (QED) is 0.681. The minimum atomic E-state index is -0.676. The lowest BCUT2D eigenvalue weighted by molar-refractivity contribution is -0.139. The van der Waals surface area contributed by atoms with E-state index in [0.717, 1.165) is 6.42 Å². The predicted octanol–water partition coefficient (Wildman–Crippen LogP) is 1.41. The lowest BCUT2D eigenvalue weighted by Gasteiger charge is -2.24. The fraction of sp³-hybridized carbons (Fsp3) is 0.889. The van der Waals surface area contributed by atoms with Crippen molar-refractivity contribution in [3.8, 4) is 0 Å². The Balaban J connectivity index is 0.000000845. The third kappa shape index (κ3) is 2.15. The Morgan fingerprint density at radius 3 is 2.62 bits per heavy atom. The summed E-state index contributed by atoms with van der Waals surface area (Å²) in [6, 6.07) is 0.234. The van der Waals surface area contributed by atoms with Gasteiger partial charge in [-0.05, 0) is 25.2 Å². The molecule has 3 nitrogen and oxygen atoms in total. The third-order valence-corrected chi connectivity index (χ3v) is 3.16. The fourth-order valence-corrected chi connectivity index (χ4v) is 2.51. The van der Waals surface area contributed by atoms with Crippen LogP contribution in [0.3, 0.4) is 0 Å². The molecule has 2 fully saturated rings. The van der Waals surface area contributed by atoms with Crippen molar-refractivity contribution in [3.05, 3.63) is 0 Å². The number of aliphatic carboxylic acids is 1. The van der Waals surface area contributed by atoms with E-state index < -0.39 is 5.97 Å². The van der Waals surface area contributed by atoms with E-state index in [9.17, 15) is 4.79 Å². The second-order valence-electron chi connectivity index (χ2n) is 3.94. The van der Waals surface area contributed by atoms with Gasteiger partial charge in [0.15, 0.2) is 0 Å². The zero-order chi connectivity index (χ0) is 8.55. The van der Waals surface area contributed by atoms with Crippen LogP contribution in [0.4, 0.5) is 0 Å². The van der Waals surface area contributed by atoms with Crippen LogP contribution in [-0.2, 0) is 4.79 Å². The molecule has 4 heteroatoms. The summed E-state index contributed by atoms with van der Waals surface area (Å²) in [4.78, 5) is 10.7. The molecule has 2 N–H and O–H groups in total. The van der Waals surface area contributed by atoms with E-state index in [1.165, 1.54) is 25.7 Å². The van der Waals surface area contributed by atoms with Gasteiger partial charge in [-0.2, -0.15) is 0 Å². The molecule has 76 valence electrons. The molecule has 1 aliphatic carbocycles. The van der Waals surface area contributed by atoms with E-state index in [0.29, 0.717) is 12.0 Å². The van der Waals surface area contributed by atoms with Crippen molar-refractivity contribution in [2.24, 2.45) is 5.92 Å². The van der Waals surface area contributed by atoms with Gasteiger partial charge in [-0.1, -0.05) is 12.8 Å². The molecule has 0 spiro atoms. The second-order valence-corrected chi connectivity index (χ2v) is 3.94. The van der Waals surface area contributed by atoms with Gasteiger partial charge >= 0.3 is 5.97 Å². The number of fused-ring (bicyclic) bond motifs is 1. The van der Waals surface area contributed by atoms with Gasteiger partial charge < -0.3 is 10.4 Å². The molecule has 0 radical (unpaired) electrons. The normalized spacial score (nSPS) is 37.7. The van der Waals surface area contributed by atoms with Gasteiger partial charge in [0.05, 0.1) is 0 Å². The van der Waals surface area contributed by atoms with Crippen LogP contribution < -0.4 is 5.32 Å². The molecule has 0 bridgehead atoms. The molecule has 13 heavy (non-hydrogen) atoms. The topological polar surface area (TPSA) is 49.3 Å². The maximum absolute atomic E-state index is 10.7. The molecule has 2 aliphatic rings. The highest BCUT2D eigenvalue weighted by molar-refractivity contribution is 5.85. The number of carboxylic acids is 1. The first-order valence-electron chi connectivity index (χ1n) is 4.76. The molecule has 1 saturated carbocycles. The average molecular weight is 206 g/mol. The van der Waals surface area contributed by atoms with Crippen LogP contribution in [0.25, 0.3) is 0 Å². The lowest BCUT2D eigenvalue weighted by Crippen LogP contribution is -2.36. The third-order valence-electron chi connectivity index (χ3n) is 3.16. The van der Waals surface area contributed by atoms with Crippen LogP contribution in [0.2, 0.25) is 0 Å². The van der Waals surface area contributed by atoms with Gasteiger partial charge in [0, 0.05) is 6.04 Å². The Morgan fingerprint density at radius 1 is 1.31 bits per heavy atom. The number of carboxylic acid groups (broad SMARTS) is 1. The van der Waals surface area contributed by atoms with Gasteiger partial charge in [-0.3, -0.25) is 4.79 Å². The van der Waals surface area contributed by atoms with E-state index in [-0.39, 0.29) is 18.4 Å². The molecule has 3 unspecified atom stereocenters. The molecule has 2 rings (SSSR count). The van der Waals surface area contributed by atoms with Crippen molar-refractivity contribution in [1.82, 2.24) is 5.32 Å². The smallest absolute Gasteiger partial charge is 0.320 e. The van der Waals surface area contributed by atoms with E-state index in [2.05, 4.69) is 5.32 Å². The summed E-state index contributed by atoms with van der Waals surface area (Å²) >= 11 is 0. The molecule has 3 atom stereocenters. The van der Waals surface area contributed by atoms with E-state index >= 15 is 0 Å². The zero-order valence-corrected chi connectivity index (χ0v) is 8.35. The van der Waals surface area contributed by atoms with Crippen LogP contribution in [-0.4, -0.2) is 23.2 Å². The Hall–Kier alpha value is -0.280. The molecule has 1 heterocycles. The molecule has 0 aromatic carbocycles. The molecule has 1 aliphatic heterocycles. The SMILES string of the molecule is Cl.O=C(O)C1CC2CCCCC2N1. The summed E-state index contributed by atoms with van der Waals surface area (Å²) < 4.78 is 0. The maximum atomic E-state index is 10.7. The first-order chi connectivity index (χ1) is 5.77. The second kappa shape index (κ2) is 4.29. The molecule has 1 saturated heterocycles. The predicted molar refractivity (Wildman–Crippen MR) is 52.2 cm³/mol. The van der Waals surface area contributed by atoms with Gasteiger partial charge in [0.2, 0.25) is 0 Å². The highest BCUT2D eigenvalue weighted by Gasteiger charge is 2.37. The minimum absolute atomic E-state index is 0. The number of hydrogen-bond acceptors (Lipinski definition) is 2. The van der Waals surface area contributed by atoms with Crippen molar-refractivity contribution in [2.75, 3.05) is 0 Å². The molecule has 0 amide bonds. The highest BCUT2D eigenvalue weighted by atomic mass is 35.5. The Bertz CT molecular complexity index is 184. The Kier molecular flexibility index (Phi) is 3.56. The van der Waals surface area contributed by atoms with Crippen molar-refractivity contribution >= 4 is 18.4 Å². The van der Waals surface area contributed by atoms with E-state index in [1.54, 1.807) is 0 Å². The van der Waals surface area contributed by atoms with Gasteiger partial charge in [-0.15, -0.1) is 12.4 Å². The van der Waals surface area contributed by atoms with Crippen LogP contribution in [0.15, 0.2) is 0 Å². The van der Waals surface area contributed by atoms with Gasteiger partial charge in [-0.25, -0.2) is 0 Å². The monoisotopic (exact) mass is 205 g/mol. The Morgan fingerprint density at radius 2 is 2.00 bits per heavy atom. The van der Waals surface area contributed by atoms with Crippen LogP contribution >= 0.6 is 12.4 Å². The van der Waals surface area contributed by atoms with E-state index in [1.807, 2.05) is 0 Å². The van der Waals surface area contributed by atoms with Crippen LogP contribution in [0.5, 0.6) is 0 Å². The Labute approximate surface area is 84.3 Å². The number of halogens is 1. The van der Waals surface area contributed by atoms with Crippen molar-refractivity contribution < 1.29 is 9.90 Å². The largest absolute Gasteiger partial charge is 0.480 e. The van der Waals surface area contributed by atoms with Crippen LogP contribution in [0, 0.1) is 5.92 Å². The summed E-state index contributed by atoms with van der Waals surface area (Å²) in [6.07, 6.45) is 5.80. The van der Waals surface area contributed by atoms with Crippen molar-refractivity contribution in [3.63, 3.8) is 0 Å². The summed E-state index contributed by atoms with van der Waals surface area (Å²) in [5, 5.41) is 12.0. The summed E-state index contributed by atoms with van der Waals surface area (Å²) in [6.45, 7) is 0. The number of carbonyl (C=O) groups is 1. The minimum Gasteiger partial charge on any atom is -0.480 e. The standard InChI is InChI=1S/C9H15NO2.ClH/c11-9(12)8-5-6-3-1-2-4-7(6)10-8;/h6-8,10H,1-5H2,(H,11,12);1H. The van der Waals surface area contributed by atoms with Crippen molar-refractivity contribution in [2.45, 2.75) is 44.2 Å². The number of hydrogen-bond donors (Lipinski definition) is 2. The molecular formula is C9H16ClNO2. The van der Waals surface area contributed by atoms with Crippen LogP contribution in [0.1, 0.15) is 32.1 Å². The van der Waals surface area contributed by atoms with Crippen molar-refractivity contribution in [1.29, 1.82) is 0 Å². The summed E-state index contributed by atoms with van der Waals surface area (Å²) in [5.74, 6) is -0.0377. The number of nitrogens with one attached hydrogen (secondary N) is 1. The first-order valence-corrected chi connectivity index (χ1v) is 4.76. The lowest BCUT2D eigenvalue weighted by atomic mass is 9.85. The highest BCUT2D eigenvalue weighted by Crippen LogP contribution is 2.32. The zero-order valence-electron chi connectivity index (χ0n) is 7.53. The van der Waals surface area contributed by atoms with Gasteiger partial charge in [0.1, 0.15) is 6.04 Å². The average Bonchev–Trinajstić information content (AvgIpc) is 2.46. The maximum Gasteiger partial charge on any atom is 0.320 e. The molecule has 0 aromatic heterocycles. The van der Waals surface area contributed by atoms with Gasteiger partial charge in [0.25, 0.3) is 0 Å². The fourth-order valence-electron chi connectivity index (χ4n) is 2.51. The first kappa shape index (κ1) is 10.8. The summed E-state index contributed by atoms with van der Waals surface area (Å²) in [5.41, 5.74) is 0.